The highest BCUT2D eigenvalue weighted by molar-refractivity contribution is 8.26. The molecule has 2 amide bonds. The molecule has 1 N–H and O–H groups in total. The molecule has 7 heteroatoms. The predicted octanol–water partition coefficient (Wildman–Crippen LogP) is 5.46. The van der Waals surface area contributed by atoms with Gasteiger partial charge in [-0.05, 0) is 49.4 Å². The molecule has 0 unspecified atom stereocenters. The van der Waals surface area contributed by atoms with Crippen LogP contribution >= 0.6 is 35.3 Å². The molecule has 0 saturated carbocycles. The van der Waals surface area contributed by atoms with Gasteiger partial charge in [0.2, 0.25) is 5.91 Å². The summed E-state index contributed by atoms with van der Waals surface area (Å²) < 4.78 is 0.616. The van der Waals surface area contributed by atoms with E-state index in [1.807, 2.05) is 54.8 Å². The smallest absolute Gasteiger partial charge is 0.266 e. The molecule has 2 aromatic rings. The van der Waals surface area contributed by atoms with Gasteiger partial charge in [0.1, 0.15) is 4.32 Å². The Kier molecular flexibility index (Phi) is 7.42. The van der Waals surface area contributed by atoms with Crippen LogP contribution in [0.5, 0.6) is 0 Å². The summed E-state index contributed by atoms with van der Waals surface area (Å²) in [6.07, 6.45) is 4.88. The summed E-state index contributed by atoms with van der Waals surface area (Å²) in [5, 5.41) is 4.90. The number of amides is 2. The second-order valence-corrected chi connectivity index (χ2v) is 9.23. The fraction of sp³-hybridized carbons (Fsp3) is 0.286. The number of aryl methyl sites for hydroxylation is 1. The van der Waals surface area contributed by atoms with E-state index in [-0.39, 0.29) is 11.8 Å². The maximum Gasteiger partial charge on any atom is 0.266 e. The number of hydrogen-bond acceptors (Lipinski definition) is 5. The highest BCUT2D eigenvalue weighted by atomic mass is 32.2. The first-order valence-electron chi connectivity index (χ1n) is 9.18. The first-order valence-corrected chi connectivity index (χ1v) is 11.3. The van der Waals surface area contributed by atoms with E-state index in [0.29, 0.717) is 22.2 Å². The van der Waals surface area contributed by atoms with Gasteiger partial charge in [0.05, 0.1) is 4.91 Å². The molecule has 2 heterocycles. The van der Waals surface area contributed by atoms with Crippen LogP contribution in [0, 0.1) is 6.92 Å². The minimum Gasteiger partial charge on any atom is -0.326 e. The molecule has 1 aromatic carbocycles. The van der Waals surface area contributed by atoms with E-state index in [4.69, 9.17) is 12.2 Å². The minimum absolute atomic E-state index is 0.0134. The first kappa shape index (κ1) is 20.8. The number of thiocarbonyl (C=S) groups is 1. The lowest BCUT2D eigenvalue weighted by atomic mass is 10.1. The van der Waals surface area contributed by atoms with Crippen molar-refractivity contribution in [1.29, 1.82) is 0 Å². The van der Waals surface area contributed by atoms with E-state index < -0.39 is 0 Å². The van der Waals surface area contributed by atoms with Crippen LogP contribution in [0.3, 0.4) is 0 Å². The van der Waals surface area contributed by atoms with Crippen molar-refractivity contribution in [2.45, 2.75) is 32.6 Å². The predicted molar refractivity (Wildman–Crippen MR) is 122 cm³/mol. The molecule has 0 spiro atoms. The number of carbonyl (C=O) groups is 2. The maximum absolute atomic E-state index is 12.5. The molecule has 1 saturated heterocycles. The van der Waals surface area contributed by atoms with Crippen molar-refractivity contribution in [2.75, 3.05) is 11.9 Å². The molecule has 1 aliphatic heterocycles. The third-order valence-corrected chi connectivity index (χ3v) is 6.51. The molecule has 4 nitrogen and oxygen atoms in total. The number of nitrogens with zero attached hydrogens (tertiary/aromatic N) is 1. The first-order chi connectivity index (χ1) is 13.5. The monoisotopic (exact) mass is 430 g/mol. The Morgan fingerprint density at radius 2 is 1.96 bits per heavy atom. The molecule has 0 atom stereocenters. The number of thioether (sulfide) groups is 1. The Balaban J connectivity index is 1.38. The van der Waals surface area contributed by atoms with Crippen LogP contribution in [0.4, 0.5) is 5.69 Å². The van der Waals surface area contributed by atoms with Crippen LogP contribution in [0.15, 0.2) is 46.7 Å². The summed E-state index contributed by atoms with van der Waals surface area (Å²) in [6, 6.07) is 11.7. The third kappa shape index (κ3) is 5.77. The SMILES string of the molecule is Cc1ccc(NC(=O)CCCCCN2C(=O)/C(=C\c3cccs3)SC2=S)cc1. The summed E-state index contributed by atoms with van der Waals surface area (Å²) in [7, 11) is 0. The van der Waals surface area contributed by atoms with Gasteiger partial charge in [-0.2, -0.15) is 0 Å². The Hall–Kier alpha value is -1.96. The Morgan fingerprint density at radius 1 is 1.18 bits per heavy atom. The molecule has 1 aliphatic rings. The fourth-order valence-corrected chi connectivity index (χ4v) is 4.82. The number of unbranched alkanes of at least 4 members (excludes halogenated alkanes) is 2. The lowest BCUT2D eigenvalue weighted by Crippen LogP contribution is -2.29. The van der Waals surface area contributed by atoms with Gasteiger partial charge in [-0.3, -0.25) is 14.5 Å². The maximum atomic E-state index is 12.5. The van der Waals surface area contributed by atoms with Crippen LogP contribution in [0.25, 0.3) is 6.08 Å². The lowest BCUT2D eigenvalue weighted by Gasteiger charge is -2.14. The number of thiophene rings is 1. The summed E-state index contributed by atoms with van der Waals surface area (Å²) >= 11 is 8.32. The van der Waals surface area contributed by atoms with Crippen molar-refractivity contribution < 1.29 is 9.59 Å². The van der Waals surface area contributed by atoms with Crippen LogP contribution in [-0.2, 0) is 9.59 Å². The number of anilines is 1. The topological polar surface area (TPSA) is 49.4 Å². The minimum atomic E-state index is -0.0134. The summed E-state index contributed by atoms with van der Waals surface area (Å²) in [4.78, 5) is 28.0. The second-order valence-electron chi connectivity index (χ2n) is 6.57. The molecule has 3 rings (SSSR count). The van der Waals surface area contributed by atoms with Gasteiger partial charge in [-0.1, -0.05) is 54.2 Å². The molecule has 28 heavy (non-hydrogen) atoms. The van der Waals surface area contributed by atoms with Gasteiger partial charge >= 0.3 is 0 Å². The third-order valence-electron chi connectivity index (χ3n) is 4.31. The van der Waals surface area contributed by atoms with Crippen molar-refractivity contribution in [3.63, 3.8) is 0 Å². The standard InChI is InChI=1S/C21H22N2O2S3/c1-15-8-10-16(11-9-15)22-19(24)7-3-2-4-12-23-20(25)18(28-21(23)26)14-17-6-5-13-27-17/h5-6,8-11,13-14H,2-4,7,12H2,1H3,(H,22,24)/b18-14+. The highest BCUT2D eigenvalue weighted by Crippen LogP contribution is 2.33. The van der Waals surface area contributed by atoms with Gasteiger partial charge < -0.3 is 5.32 Å². The zero-order chi connectivity index (χ0) is 19.9. The van der Waals surface area contributed by atoms with Crippen molar-refractivity contribution in [2.24, 2.45) is 0 Å². The van der Waals surface area contributed by atoms with Crippen LogP contribution in [0.2, 0.25) is 0 Å². The summed E-state index contributed by atoms with van der Waals surface area (Å²) in [5.41, 5.74) is 1.99. The van der Waals surface area contributed by atoms with Gasteiger partial charge in [0, 0.05) is 23.5 Å². The summed E-state index contributed by atoms with van der Waals surface area (Å²) in [6.45, 7) is 2.62. The largest absolute Gasteiger partial charge is 0.326 e. The number of nitrogens with one attached hydrogen (secondary N) is 1. The van der Waals surface area contributed by atoms with Gasteiger partial charge in [0.15, 0.2) is 0 Å². The van der Waals surface area contributed by atoms with E-state index in [1.165, 1.54) is 17.3 Å². The molecule has 0 bridgehead atoms. The average molecular weight is 431 g/mol. The summed E-state index contributed by atoms with van der Waals surface area (Å²) in [5.74, 6) is 0.00820. The van der Waals surface area contributed by atoms with E-state index in [2.05, 4.69) is 5.32 Å². The van der Waals surface area contributed by atoms with Crippen LogP contribution in [0.1, 0.15) is 36.1 Å². The number of rotatable bonds is 8. The normalized spacial score (nSPS) is 15.5. The van der Waals surface area contributed by atoms with E-state index >= 15 is 0 Å². The number of hydrogen-bond donors (Lipinski definition) is 1. The van der Waals surface area contributed by atoms with E-state index in [0.717, 1.165) is 29.8 Å². The zero-order valence-corrected chi connectivity index (χ0v) is 18.1. The lowest BCUT2D eigenvalue weighted by molar-refractivity contribution is -0.122. The quantitative estimate of drug-likeness (QED) is 0.343. The molecular formula is C21H22N2O2S3. The van der Waals surface area contributed by atoms with Crippen molar-refractivity contribution in [3.05, 3.63) is 57.1 Å². The Morgan fingerprint density at radius 3 is 2.68 bits per heavy atom. The van der Waals surface area contributed by atoms with Gasteiger partial charge in [0.25, 0.3) is 5.91 Å². The zero-order valence-electron chi connectivity index (χ0n) is 15.6. The number of carbonyl (C=O) groups excluding carboxylic acids is 2. The van der Waals surface area contributed by atoms with Gasteiger partial charge in [-0.25, -0.2) is 0 Å². The fourth-order valence-electron chi connectivity index (χ4n) is 2.79. The molecule has 146 valence electrons. The molecule has 0 radical (unpaired) electrons. The van der Waals surface area contributed by atoms with Crippen LogP contribution in [-0.4, -0.2) is 27.6 Å². The Bertz CT molecular complexity index is 874. The number of benzene rings is 1. The van der Waals surface area contributed by atoms with E-state index in [1.54, 1.807) is 16.2 Å². The molecule has 1 aromatic heterocycles. The molecule has 0 aliphatic carbocycles. The average Bonchev–Trinajstić information content (AvgIpc) is 3.27. The van der Waals surface area contributed by atoms with Crippen LogP contribution < -0.4 is 5.32 Å². The van der Waals surface area contributed by atoms with Gasteiger partial charge in [-0.15, -0.1) is 11.3 Å². The Labute approximate surface area is 179 Å². The van der Waals surface area contributed by atoms with E-state index in [9.17, 15) is 9.59 Å². The van der Waals surface area contributed by atoms with Crippen molar-refractivity contribution in [1.82, 2.24) is 4.90 Å². The second kappa shape index (κ2) is 10.0. The highest BCUT2D eigenvalue weighted by Gasteiger charge is 2.31. The molecular weight excluding hydrogens is 408 g/mol. The van der Waals surface area contributed by atoms with Crippen molar-refractivity contribution >= 4 is 63.2 Å². The molecule has 1 fully saturated rings. The van der Waals surface area contributed by atoms with Crippen molar-refractivity contribution in [3.8, 4) is 0 Å².